The first-order valence-corrected chi connectivity index (χ1v) is 11.9. The average molecular weight is 498 g/mol. The van der Waals surface area contributed by atoms with Crippen molar-refractivity contribution < 1.29 is 22.4 Å². The maximum Gasteiger partial charge on any atom is 0.435 e. The number of hydrogen-bond donors (Lipinski definition) is 2. The Morgan fingerprint density at radius 1 is 1.35 bits per heavy atom. The van der Waals surface area contributed by atoms with E-state index in [1.165, 1.54) is 24.0 Å². The summed E-state index contributed by atoms with van der Waals surface area (Å²) in [4.78, 5) is 20.8. The van der Waals surface area contributed by atoms with Gasteiger partial charge in [0.05, 0.1) is 23.1 Å². The molecule has 182 valence electrons. The van der Waals surface area contributed by atoms with E-state index in [0.29, 0.717) is 0 Å². The fraction of sp³-hybridized carbons (Fsp3) is 0.381. The molecule has 3 aromatic heterocycles. The molecule has 34 heavy (non-hydrogen) atoms. The fourth-order valence-electron chi connectivity index (χ4n) is 3.76. The van der Waals surface area contributed by atoms with Crippen molar-refractivity contribution in [2.45, 2.75) is 44.9 Å². The van der Waals surface area contributed by atoms with E-state index in [2.05, 4.69) is 31.0 Å². The second-order valence-electron chi connectivity index (χ2n) is 8.30. The predicted molar refractivity (Wildman–Crippen MR) is 121 cm³/mol. The normalized spacial score (nSPS) is 20.9. The topological polar surface area (TPSA) is 89.7 Å². The zero-order chi connectivity index (χ0) is 24.7. The summed E-state index contributed by atoms with van der Waals surface area (Å²) in [6.07, 6.45) is 1.73. The number of aryl methyl sites for hydroxylation is 1. The van der Waals surface area contributed by atoms with Gasteiger partial charge in [0.25, 0.3) is 0 Å². The molecule has 1 amide bonds. The molecule has 8 nitrogen and oxygen atoms in total. The van der Waals surface area contributed by atoms with Crippen molar-refractivity contribution in [2.24, 2.45) is 0 Å². The number of aromatic nitrogens is 5. The van der Waals surface area contributed by atoms with Gasteiger partial charge in [0.1, 0.15) is 12.9 Å². The maximum atomic E-state index is 14.8. The van der Waals surface area contributed by atoms with Gasteiger partial charge in [0.2, 0.25) is 5.91 Å². The third-order valence-corrected chi connectivity index (χ3v) is 7.02. The number of alkyl halides is 3. The molecule has 1 aliphatic rings. The molecule has 0 aliphatic carbocycles. The monoisotopic (exact) mass is 497 g/mol. The molecule has 1 aliphatic heterocycles. The number of nitrogens with zero attached hydrogens (tertiary/aromatic N) is 5. The molecule has 13 heteroatoms. The predicted octanol–water partition coefficient (Wildman–Crippen LogP) is 3.78. The third kappa shape index (κ3) is 5.04. The molecule has 0 aromatic carbocycles. The number of pyridine rings is 1. The Labute approximate surface area is 195 Å². The molecule has 4 heterocycles. The Bertz CT molecular complexity index is 1250. The number of carbonyl (C=O) groups is 1. The van der Waals surface area contributed by atoms with Gasteiger partial charge in [-0.15, -0.1) is 10.7 Å². The van der Waals surface area contributed by atoms with Crippen LogP contribution in [0.5, 0.6) is 0 Å². The number of nitrogens with one attached hydrogen (secondary N) is 2. The smallest absolute Gasteiger partial charge is 0.323 e. The van der Waals surface area contributed by atoms with Crippen LogP contribution in [0.15, 0.2) is 30.9 Å². The zero-order valence-corrected chi connectivity index (χ0v) is 19.3. The lowest BCUT2D eigenvalue weighted by atomic mass is 9.94. The summed E-state index contributed by atoms with van der Waals surface area (Å²) in [5.74, 6) is 3.73. The van der Waals surface area contributed by atoms with E-state index in [1.54, 1.807) is 6.20 Å². The van der Waals surface area contributed by atoms with E-state index in [9.17, 15) is 22.4 Å². The van der Waals surface area contributed by atoms with E-state index >= 15 is 0 Å². The summed E-state index contributed by atoms with van der Waals surface area (Å²) in [6, 6.07) is 1.94. The van der Waals surface area contributed by atoms with Crippen LogP contribution in [0.1, 0.15) is 36.8 Å². The van der Waals surface area contributed by atoms with Crippen molar-refractivity contribution in [3.05, 3.63) is 53.8 Å². The number of hydrogen-bond acceptors (Lipinski definition) is 5. The minimum Gasteiger partial charge on any atom is -0.323 e. The van der Waals surface area contributed by atoms with Crippen molar-refractivity contribution in [1.82, 2.24) is 29.0 Å². The molecule has 3 aromatic rings. The van der Waals surface area contributed by atoms with Gasteiger partial charge in [0.15, 0.2) is 17.3 Å². The highest BCUT2D eigenvalue weighted by Crippen LogP contribution is 2.34. The quantitative estimate of drug-likeness (QED) is 0.414. The van der Waals surface area contributed by atoms with Gasteiger partial charge in [-0.1, -0.05) is 5.87 Å². The second-order valence-corrected chi connectivity index (χ2v) is 9.90. The highest BCUT2D eigenvalue weighted by Gasteiger charge is 2.35. The van der Waals surface area contributed by atoms with Crippen LogP contribution < -0.4 is 10.0 Å². The molecule has 1 fully saturated rings. The van der Waals surface area contributed by atoms with Crippen LogP contribution in [-0.4, -0.2) is 41.8 Å². The summed E-state index contributed by atoms with van der Waals surface area (Å²) in [7, 11) is -0.169. The molecular formula is C21H23F4N7OS. The van der Waals surface area contributed by atoms with Crippen molar-refractivity contribution >= 4 is 28.1 Å². The molecule has 4 rings (SSSR count). The second kappa shape index (κ2) is 8.95. The van der Waals surface area contributed by atoms with Gasteiger partial charge in [-0.3, -0.25) is 18.8 Å². The summed E-state index contributed by atoms with van der Waals surface area (Å²) >= 11 is 0. The van der Waals surface area contributed by atoms with E-state index < -0.39 is 30.1 Å². The molecule has 2 atom stereocenters. The molecule has 2 N–H and O–H groups in total. The Kier molecular flexibility index (Phi) is 6.34. The number of anilines is 1. The van der Waals surface area contributed by atoms with Gasteiger partial charge in [0, 0.05) is 23.7 Å². The van der Waals surface area contributed by atoms with Gasteiger partial charge in [-0.2, -0.15) is 18.3 Å². The van der Waals surface area contributed by atoms with Crippen LogP contribution >= 0.6 is 10.7 Å². The number of carbonyl (C=O) groups excluding carboxylic acids is 1. The molecule has 0 bridgehead atoms. The Morgan fingerprint density at radius 2 is 2.12 bits per heavy atom. The Morgan fingerprint density at radius 3 is 2.76 bits per heavy atom. The number of halogens is 4. The standard InChI is InChI=1S/C21H23F4N7OS/c1-13-7-16(21(23,24)25)29-32(13)11-18(33)28-14-8-15(22)19(26-9-14)31-10-17(27-12-31)20(2)5-4-6-34(3)30-20/h7-10,12,30H,3-6,11H2,1-2H3,(H,28,33). The van der Waals surface area contributed by atoms with E-state index in [0.717, 1.165) is 41.1 Å². The third-order valence-electron chi connectivity index (χ3n) is 5.50. The summed E-state index contributed by atoms with van der Waals surface area (Å²) in [5.41, 5.74) is -0.466. The first kappa shape index (κ1) is 24.1. The molecule has 1 saturated heterocycles. The first-order chi connectivity index (χ1) is 15.9. The lowest BCUT2D eigenvalue weighted by Crippen LogP contribution is -2.40. The zero-order valence-electron chi connectivity index (χ0n) is 18.5. The van der Waals surface area contributed by atoms with Gasteiger partial charge >= 0.3 is 6.18 Å². The molecule has 0 spiro atoms. The van der Waals surface area contributed by atoms with E-state index in [1.807, 2.05) is 6.92 Å². The van der Waals surface area contributed by atoms with Crippen LogP contribution in [0, 0.1) is 12.7 Å². The van der Waals surface area contributed by atoms with Gasteiger partial charge in [-0.25, -0.2) is 14.4 Å². The number of amides is 1. The SMILES string of the molecule is C=S1CCCC(C)(c2cn(-c3ncc(NC(=O)Cn4nc(C(F)(F)F)cc4C)cc3F)cn2)N1. The fourth-order valence-corrected chi connectivity index (χ4v) is 5.20. The number of imidazole rings is 1. The largest absolute Gasteiger partial charge is 0.435 e. The Hall–Kier alpha value is -3.06. The van der Waals surface area contributed by atoms with Crippen molar-refractivity contribution in [1.29, 1.82) is 0 Å². The van der Waals surface area contributed by atoms with Crippen LogP contribution in [0.4, 0.5) is 23.2 Å². The molecule has 0 saturated carbocycles. The lowest BCUT2D eigenvalue weighted by molar-refractivity contribution is -0.141. The van der Waals surface area contributed by atoms with Crippen LogP contribution in [0.2, 0.25) is 0 Å². The van der Waals surface area contributed by atoms with E-state index in [4.69, 9.17) is 0 Å². The summed E-state index contributed by atoms with van der Waals surface area (Å²) < 4.78 is 59.0. The van der Waals surface area contributed by atoms with Crippen molar-refractivity contribution in [3.63, 3.8) is 0 Å². The minimum absolute atomic E-state index is 0.00233. The van der Waals surface area contributed by atoms with Crippen molar-refractivity contribution in [3.8, 4) is 5.82 Å². The van der Waals surface area contributed by atoms with Gasteiger partial charge < -0.3 is 5.32 Å². The van der Waals surface area contributed by atoms with Crippen molar-refractivity contribution in [2.75, 3.05) is 11.1 Å². The lowest BCUT2D eigenvalue weighted by Gasteiger charge is -2.35. The van der Waals surface area contributed by atoms with Crippen LogP contribution in [-0.2, 0) is 23.1 Å². The summed E-state index contributed by atoms with van der Waals surface area (Å²) in [6.45, 7) is 2.98. The molecule has 2 unspecified atom stereocenters. The van der Waals surface area contributed by atoms with Crippen LogP contribution in [0.25, 0.3) is 5.82 Å². The maximum absolute atomic E-state index is 14.8. The molecular weight excluding hydrogens is 474 g/mol. The van der Waals surface area contributed by atoms with Crippen LogP contribution in [0.3, 0.4) is 0 Å². The highest BCUT2D eigenvalue weighted by atomic mass is 32.2. The first-order valence-electron chi connectivity index (χ1n) is 10.3. The Balaban J connectivity index is 1.46. The number of rotatable bonds is 5. The minimum atomic E-state index is -4.61. The van der Waals surface area contributed by atoms with E-state index in [-0.39, 0.29) is 33.4 Å². The molecule has 0 radical (unpaired) electrons. The summed E-state index contributed by atoms with van der Waals surface area (Å²) in [5, 5.41) is 5.84. The van der Waals surface area contributed by atoms with Gasteiger partial charge in [-0.05, 0) is 32.8 Å². The average Bonchev–Trinajstić information content (AvgIpc) is 3.36. The highest BCUT2D eigenvalue weighted by molar-refractivity contribution is 8.12.